The number of hydrazone groups is 1. The molecule has 0 amide bonds. The molecule has 1 aromatic carbocycles. The summed E-state index contributed by atoms with van der Waals surface area (Å²) >= 11 is 0.327. The SMILES string of the molecule is C(=NNc1ncc[se]1)c1ccccc1. The summed E-state index contributed by atoms with van der Waals surface area (Å²) in [7, 11) is 0. The van der Waals surface area contributed by atoms with Gasteiger partial charge in [-0.05, 0) is 0 Å². The zero-order valence-electron chi connectivity index (χ0n) is 7.42. The molecular formula is C10H9N3Se. The van der Waals surface area contributed by atoms with E-state index >= 15 is 0 Å². The average Bonchev–Trinajstić information content (AvgIpc) is 2.72. The van der Waals surface area contributed by atoms with Crippen molar-refractivity contribution in [3.63, 3.8) is 0 Å². The molecule has 0 saturated carbocycles. The van der Waals surface area contributed by atoms with Crippen LogP contribution < -0.4 is 5.43 Å². The summed E-state index contributed by atoms with van der Waals surface area (Å²) in [5, 5.41) is 4.09. The zero-order chi connectivity index (χ0) is 9.64. The van der Waals surface area contributed by atoms with Crippen molar-refractivity contribution in [1.29, 1.82) is 0 Å². The molecule has 4 heteroatoms. The Bertz CT molecular complexity index is 395. The Kier molecular flexibility index (Phi) is 3.11. The van der Waals surface area contributed by atoms with Gasteiger partial charge in [0.1, 0.15) is 0 Å². The molecule has 0 fully saturated rings. The Morgan fingerprint density at radius 2 is 2.14 bits per heavy atom. The Hall–Kier alpha value is -1.38. The molecule has 0 radical (unpaired) electrons. The van der Waals surface area contributed by atoms with Gasteiger partial charge < -0.3 is 0 Å². The number of nitrogens with one attached hydrogen (secondary N) is 1. The van der Waals surface area contributed by atoms with Crippen molar-refractivity contribution in [3.05, 3.63) is 47.0 Å². The Morgan fingerprint density at radius 1 is 1.29 bits per heavy atom. The third-order valence-corrected chi connectivity index (χ3v) is 3.03. The molecule has 2 rings (SSSR count). The number of hydrogen-bond donors (Lipinski definition) is 1. The summed E-state index contributed by atoms with van der Waals surface area (Å²) in [6.45, 7) is 0. The second kappa shape index (κ2) is 4.74. The topological polar surface area (TPSA) is 37.3 Å². The molecule has 3 nitrogen and oxygen atoms in total. The molecule has 2 aromatic rings. The molecule has 0 aliphatic rings. The van der Waals surface area contributed by atoms with Gasteiger partial charge in [0.15, 0.2) is 0 Å². The van der Waals surface area contributed by atoms with Crippen molar-refractivity contribution in [3.8, 4) is 0 Å². The van der Waals surface area contributed by atoms with E-state index in [0.29, 0.717) is 14.5 Å². The first kappa shape index (κ1) is 9.19. The Balaban J connectivity index is 1.96. The van der Waals surface area contributed by atoms with Gasteiger partial charge in [-0.1, -0.05) is 0 Å². The van der Waals surface area contributed by atoms with Crippen LogP contribution in [0.5, 0.6) is 0 Å². The van der Waals surface area contributed by atoms with Gasteiger partial charge in [-0.3, -0.25) is 0 Å². The van der Waals surface area contributed by atoms with Crippen LogP contribution in [-0.4, -0.2) is 25.7 Å². The van der Waals surface area contributed by atoms with Crippen molar-refractivity contribution in [1.82, 2.24) is 4.98 Å². The van der Waals surface area contributed by atoms with E-state index in [2.05, 4.69) is 15.5 Å². The molecule has 0 bridgehead atoms. The van der Waals surface area contributed by atoms with Crippen LogP contribution in [0.4, 0.5) is 4.69 Å². The predicted octanol–water partition coefficient (Wildman–Crippen LogP) is 1.58. The summed E-state index contributed by atoms with van der Waals surface area (Å²) in [5.41, 5.74) is 4.00. The first-order chi connectivity index (χ1) is 6.95. The standard InChI is InChI=1S/C10H9N3Se/c1-2-4-9(5-3-1)8-12-13-10-11-6-7-14-10/h1-8H,(H,11,13). The van der Waals surface area contributed by atoms with Crippen molar-refractivity contribution < 1.29 is 0 Å². The molecule has 0 aliphatic heterocycles. The monoisotopic (exact) mass is 251 g/mol. The number of anilines is 1. The second-order valence-electron chi connectivity index (χ2n) is 2.62. The maximum atomic E-state index is 4.11. The normalized spacial score (nSPS) is 10.6. The summed E-state index contributed by atoms with van der Waals surface area (Å²) in [6, 6.07) is 9.97. The maximum absolute atomic E-state index is 4.11. The average molecular weight is 250 g/mol. The molecule has 1 aromatic heterocycles. The summed E-state index contributed by atoms with van der Waals surface area (Å²) in [6.07, 6.45) is 3.59. The van der Waals surface area contributed by atoms with Gasteiger partial charge in [-0.15, -0.1) is 0 Å². The minimum absolute atomic E-state index is 0.327. The molecule has 14 heavy (non-hydrogen) atoms. The molecular weight excluding hydrogens is 241 g/mol. The van der Waals surface area contributed by atoms with Gasteiger partial charge in [-0.25, -0.2) is 0 Å². The van der Waals surface area contributed by atoms with E-state index < -0.39 is 0 Å². The van der Waals surface area contributed by atoms with E-state index in [1.54, 1.807) is 12.4 Å². The fourth-order valence-corrected chi connectivity index (χ4v) is 1.98. The first-order valence-electron chi connectivity index (χ1n) is 4.19. The number of benzene rings is 1. The van der Waals surface area contributed by atoms with Crippen LogP contribution in [0.25, 0.3) is 0 Å². The van der Waals surface area contributed by atoms with E-state index in [0.717, 1.165) is 10.3 Å². The van der Waals surface area contributed by atoms with Crippen LogP contribution in [0.1, 0.15) is 5.56 Å². The Morgan fingerprint density at radius 3 is 2.86 bits per heavy atom. The Labute approximate surface area is 88.2 Å². The van der Waals surface area contributed by atoms with Crippen molar-refractivity contribution in [2.24, 2.45) is 5.10 Å². The number of aromatic nitrogens is 1. The molecule has 0 aliphatic carbocycles. The van der Waals surface area contributed by atoms with Crippen molar-refractivity contribution in [2.75, 3.05) is 5.43 Å². The van der Waals surface area contributed by atoms with E-state index in [1.807, 2.05) is 35.3 Å². The van der Waals surface area contributed by atoms with E-state index in [9.17, 15) is 0 Å². The van der Waals surface area contributed by atoms with Crippen LogP contribution >= 0.6 is 0 Å². The molecule has 0 atom stereocenters. The first-order valence-corrected chi connectivity index (χ1v) is 6.03. The van der Waals surface area contributed by atoms with Crippen molar-refractivity contribution in [2.45, 2.75) is 0 Å². The summed E-state index contributed by atoms with van der Waals surface area (Å²) in [4.78, 5) is 6.15. The van der Waals surface area contributed by atoms with Crippen LogP contribution in [0.2, 0.25) is 0 Å². The number of rotatable bonds is 3. The van der Waals surface area contributed by atoms with Gasteiger partial charge >= 0.3 is 88.0 Å². The van der Waals surface area contributed by atoms with Gasteiger partial charge in [0.2, 0.25) is 0 Å². The third-order valence-electron chi connectivity index (χ3n) is 1.61. The minimum atomic E-state index is 0.327. The van der Waals surface area contributed by atoms with Gasteiger partial charge in [0.25, 0.3) is 0 Å². The summed E-state index contributed by atoms with van der Waals surface area (Å²) < 4.78 is 0.949. The van der Waals surface area contributed by atoms with Gasteiger partial charge in [0.05, 0.1) is 0 Å². The summed E-state index contributed by atoms with van der Waals surface area (Å²) in [5.74, 6) is 0. The van der Waals surface area contributed by atoms with Gasteiger partial charge in [0, 0.05) is 0 Å². The van der Waals surface area contributed by atoms with Crippen molar-refractivity contribution >= 4 is 25.4 Å². The fourth-order valence-electron chi connectivity index (χ4n) is 0.980. The van der Waals surface area contributed by atoms with Gasteiger partial charge in [-0.2, -0.15) is 0 Å². The van der Waals surface area contributed by atoms with Crippen LogP contribution in [0, 0.1) is 0 Å². The van der Waals surface area contributed by atoms with Crippen LogP contribution in [0.15, 0.2) is 46.6 Å². The quantitative estimate of drug-likeness (QED) is 0.510. The predicted molar refractivity (Wildman–Crippen MR) is 58.8 cm³/mol. The molecule has 1 N–H and O–H groups in total. The number of hydrogen-bond acceptors (Lipinski definition) is 3. The van der Waals surface area contributed by atoms with E-state index in [-0.39, 0.29) is 0 Å². The van der Waals surface area contributed by atoms with Crippen LogP contribution in [-0.2, 0) is 0 Å². The molecule has 0 saturated heterocycles. The van der Waals surface area contributed by atoms with Crippen LogP contribution in [0.3, 0.4) is 0 Å². The second-order valence-corrected chi connectivity index (χ2v) is 4.49. The molecule has 0 spiro atoms. The van der Waals surface area contributed by atoms with E-state index in [1.165, 1.54) is 0 Å². The molecule has 0 unspecified atom stereocenters. The fraction of sp³-hybridized carbons (Fsp3) is 0. The zero-order valence-corrected chi connectivity index (χ0v) is 9.13. The number of nitrogens with zero attached hydrogens (tertiary/aromatic N) is 2. The van der Waals surface area contributed by atoms with E-state index in [4.69, 9.17) is 0 Å². The molecule has 1 heterocycles. The molecule has 70 valence electrons. The third kappa shape index (κ3) is 2.55.